The van der Waals surface area contributed by atoms with E-state index >= 15 is 0 Å². The van der Waals surface area contributed by atoms with Crippen molar-refractivity contribution < 1.29 is 27.2 Å². The van der Waals surface area contributed by atoms with Crippen molar-refractivity contribution in [2.45, 2.75) is 5.92 Å². The molecule has 0 aliphatic heterocycles. The van der Waals surface area contributed by atoms with Gasteiger partial charge in [0.05, 0.1) is 5.92 Å². The van der Waals surface area contributed by atoms with Crippen molar-refractivity contribution in [1.29, 1.82) is 0 Å². The SMILES string of the molecule is O=C(F)C1=CC(F)(F)C=CC1C(=O)F. The molecule has 6 heteroatoms. The van der Waals surface area contributed by atoms with Gasteiger partial charge in [-0.3, -0.25) is 9.59 Å². The Morgan fingerprint density at radius 1 is 1.29 bits per heavy atom. The van der Waals surface area contributed by atoms with Crippen LogP contribution in [-0.2, 0) is 9.59 Å². The Balaban J connectivity index is 3.10. The second-order valence-corrected chi connectivity index (χ2v) is 2.69. The normalized spacial score (nSPS) is 24.3. The molecule has 1 aliphatic rings. The van der Waals surface area contributed by atoms with E-state index in [9.17, 15) is 27.2 Å². The predicted octanol–water partition coefficient (Wildman–Crippen LogP) is 1.73. The summed E-state index contributed by atoms with van der Waals surface area (Å²) in [6.45, 7) is 0. The average molecular weight is 208 g/mol. The van der Waals surface area contributed by atoms with Crippen LogP contribution < -0.4 is 0 Å². The van der Waals surface area contributed by atoms with Crippen LogP contribution in [0.4, 0.5) is 17.6 Å². The van der Waals surface area contributed by atoms with Crippen LogP contribution in [0.1, 0.15) is 0 Å². The quantitative estimate of drug-likeness (QED) is 0.393. The van der Waals surface area contributed by atoms with Gasteiger partial charge in [-0.05, 0) is 12.2 Å². The Kier molecular flexibility index (Phi) is 2.55. The van der Waals surface area contributed by atoms with Crippen molar-refractivity contribution in [3.05, 3.63) is 23.8 Å². The van der Waals surface area contributed by atoms with Crippen LogP contribution in [-0.4, -0.2) is 18.0 Å². The molecule has 1 rings (SSSR count). The van der Waals surface area contributed by atoms with E-state index in [0.717, 1.165) is 0 Å². The lowest BCUT2D eigenvalue weighted by Crippen LogP contribution is -2.24. The molecule has 0 aromatic heterocycles. The number of hydrogen-bond acceptors (Lipinski definition) is 2. The Labute approximate surface area is 75.9 Å². The highest BCUT2D eigenvalue weighted by molar-refractivity contribution is 5.96. The highest BCUT2D eigenvalue weighted by atomic mass is 19.3. The Hall–Kier alpha value is -1.46. The monoisotopic (exact) mass is 208 g/mol. The molecular formula is C8H4F4O2. The molecule has 0 saturated carbocycles. The number of hydrogen-bond donors (Lipinski definition) is 0. The highest BCUT2D eigenvalue weighted by Crippen LogP contribution is 2.30. The highest BCUT2D eigenvalue weighted by Gasteiger charge is 2.36. The molecule has 0 fully saturated rings. The van der Waals surface area contributed by atoms with Gasteiger partial charge in [0.1, 0.15) is 0 Å². The maximum Gasteiger partial charge on any atom is 0.329 e. The summed E-state index contributed by atoms with van der Waals surface area (Å²) in [4.78, 5) is 20.4. The summed E-state index contributed by atoms with van der Waals surface area (Å²) in [6, 6.07) is -4.28. The first-order valence-electron chi connectivity index (χ1n) is 3.52. The fraction of sp³-hybridized carbons (Fsp3) is 0.250. The molecule has 0 bridgehead atoms. The van der Waals surface area contributed by atoms with Crippen LogP contribution >= 0.6 is 0 Å². The van der Waals surface area contributed by atoms with Gasteiger partial charge < -0.3 is 0 Å². The van der Waals surface area contributed by atoms with E-state index in [2.05, 4.69) is 0 Å². The van der Waals surface area contributed by atoms with Gasteiger partial charge >= 0.3 is 12.1 Å². The summed E-state index contributed by atoms with van der Waals surface area (Å²) in [6.07, 6.45) is 0.647. The molecule has 0 saturated heterocycles. The van der Waals surface area contributed by atoms with Crippen molar-refractivity contribution in [2.24, 2.45) is 5.92 Å². The second kappa shape index (κ2) is 3.36. The molecule has 2 nitrogen and oxygen atoms in total. The van der Waals surface area contributed by atoms with E-state index in [1.807, 2.05) is 0 Å². The molecule has 0 amide bonds. The molecule has 76 valence electrons. The third kappa shape index (κ3) is 2.07. The van der Waals surface area contributed by atoms with Gasteiger partial charge in [-0.25, -0.2) is 0 Å². The molecule has 0 N–H and O–H groups in total. The Morgan fingerprint density at radius 2 is 1.86 bits per heavy atom. The van der Waals surface area contributed by atoms with Crippen molar-refractivity contribution >= 4 is 12.1 Å². The molecule has 14 heavy (non-hydrogen) atoms. The lowest BCUT2D eigenvalue weighted by atomic mass is 9.93. The van der Waals surface area contributed by atoms with E-state index in [4.69, 9.17) is 0 Å². The number of halogens is 4. The number of rotatable bonds is 2. The van der Waals surface area contributed by atoms with E-state index in [1.165, 1.54) is 0 Å². The van der Waals surface area contributed by atoms with Gasteiger partial charge in [0.25, 0.3) is 5.92 Å². The van der Waals surface area contributed by atoms with Gasteiger partial charge in [0.2, 0.25) is 0 Å². The van der Waals surface area contributed by atoms with Gasteiger partial charge in [-0.1, -0.05) is 6.08 Å². The van der Waals surface area contributed by atoms with Crippen LogP contribution in [0.2, 0.25) is 0 Å². The molecule has 0 radical (unpaired) electrons. The molecule has 0 aromatic rings. The van der Waals surface area contributed by atoms with E-state index in [0.29, 0.717) is 6.08 Å². The maximum absolute atomic E-state index is 12.5. The summed E-state index contributed by atoms with van der Waals surface area (Å²) in [5.41, 5.74) is -1.16. The first kappa shape index (κ1) is 10.6. The lowest BCUT2D eigenvalue weighted by molar-refractivity contribution is -0.134. The standard InChI is InChI=1S/C8H4F4O2/c9-6(13)4-1-2-8(11,12)3-5(4)7(10)14/h1-4H. The molecule has 0 spiro atoms. The molecule has 1 unspecified atom stereocenters. The lowest BCUT2D eigenvalue weighted by Gasteiger charge is -2.17. The molecule has 0 heterocycles. The zero-order valence-electron chi connectivity index (χ0n) is 6.64. The average Bonchev–Trinajstić information content (AvgIpc) is 2.01. The van der Waals surface area contributed by atoms with Gasteiger partial charge in [0.15, 0.2) is 0 Å². The van der Waals surface area contributed by atoms with Gasteiger partial charge in [-0.15, -0.1) is 0 Å². The second-order valence-electron chi connectivity index (χ2n) is 2.69. The van der Waals surface area contributed by atoms with Crippen LogP contribution in [0.3, 0.4) is 0 Å². The minimum Gasteiger partial charge on any atom is -0.260 e. The third-order valence-electron chi connectivity index (χ3n) is 1.67. The third-order valence-corrected chi connectivity index (χ3v) is 1.67. The molecule has 1 atom stereocenters. The summed E-state index contributed by atoms with van der Waals surface area (Å²) in [5, 5.41) is 0. The first-order valence-corrected chi connectivity index (χ1v) is 3.52. The van der Waals surface area contributed by atoms with E-state index in [-0.39, 0.29) is 12.2 Å². The summed E-state index contributed by atoms with van der Waals surface area (Å²) in [7, 11) is 0. The Morgan fingerprint density at radius 3 is 2.29 bits per heavy atom. The van der Waals surface area contributed by atoms with Crippen molar-refractivity contribution in [2.75, 3.05) is 0 Å². The predicted molar refractivity (Wildman–Crippen MR) is 37.9 cm³/mol. The fourth-order valence-corrected chi connectivity index (χ4v) is 1.05. The van der Waals surface area contributed by atoms with Crippen molar-refractivity contribution in [3.8, 4) is 0 Å². The smallest absolute Gasteiger partial charge is 0.260 e. The van der Waals surface area contributed by atoms with Gasteiger partial charge in [0, 0.05) is 5.57 Å². The first-order chi connectivity index (χ1) is 6.33. The van der Waals surface area contributed by atoms with Crippen molar-refractivity contribution in [1.82, 2.24) is 0 Å². The Bertz CT molecular complexity index is 343. The van der Waals surface area contributed by atoms with Crippen molar-refractivity contribution in [3.63, 3.8) is 0 Å². The molecular weight excluding hydrogens is 204 g/mol. The topological polar surface area (TPSA) is 34.1 Å². The number of alkyl halides is 2. The summed E-state index contributed by atoms with van der Waals surface area (Å²) in [5.74, 6) is -5.38. The molecule has 1 aliphatic carbocycles. The molecule has 0 aromatic carbocycles. The van der Waals surface area contributed by atoms with Crippen LogP contribution in [0.5, 0.6) is 0 Å². The minimum atomic E-state index is -3.52. The fourth-order valence-electron chi connectivity index (χ4n) is 1.05. The summed E-state index contributed by atoms with van der Waals surface area (Å²) >= 11 is 0. The van der Waals surface area contributed by atoms with Crippen LogP contribution in [0.25, 0.3) is 0 Å². The largest absolute Gasteiger partial charge is 0.329 e. The zero-order valence-corrected chi connectivity index (χ0v) is 6.64. The van der Waals surface area contributed by atoms with Gasteiger partial charge in [-0.2, -0.15) is 17.6 Å². The van der Waals surface area contributed by atoms with E-state index < -0.39 is 29.5 Å². The minimum absolute atomic E-state index is 0.0581. The number of allylic oxidation sites excluding steroid dienone is 4. The van der Waals surface area contributed by atoms with Crippen LogP contribution in [0, 0.1) is 5.92 Å². The van der Waals surface area contributed by atoms with Crippen LogP contribution in [0.15, 0.2) is 23.8 Å². The maximum atomic E-state index is 12.5. The summed E-state index contributed by atoms with van der Waals surface area (Å²) < 4.78 is 49.4. The number of carbonyl (C=O) groups is 2. The van der Waals surface area contributed by atoms with E-state index in [1.54, 1.807) is 0 Å². The number of carbonyl (C=O) groups excluding carboxylic acids is 2. The zero-order chi connectivity index (χ0) is 10.9.